The summed E-state index contributed by atoms with van der Waals surface area (Å²) >= 11 is 0.563. The van der Waals surface area contributed by atoms with Gasteiger partial charge in [-0.1, -0.05) is 0 Å². The quantitative estimate of drug-likeness (QED) is 0.349. The minimum absolute atomic E-state index is 0.563. The van der Waals surface area contributed by atoms with E-state index in [9.17, 15) is 0 Å². The summed E-state index contributed by atoms with van der Waals surface area (Å²) in [5.41, 5.74) is 3.90. The molecule has 0 aromatic rings. The number of halogens is 1. The molecule has 0 atom stereocenters. The van der Waals surface area contributed by atoms with Crippen LogP contribution in [0.5, 0.6) is 0 Å². The molecule has 0 amide bonds. The molecular weight excluding hydrogens is 373 g/mol. The molecule has 2 aliphatic rings. The van der Waals surface area contributed by atoms with Crippen molar-refractivity contribution < 1.29 is 33.5 Å². The molecule has 1 heterocycles. The Morgan fingerprint density at radius 3 is 1.59 bits per heavy atom. The van der Waals surface area contributed by atoms with Gasteiger partial charge in [-0.05, 0) is 0 Å². The van der Waals surface area contributed by atoms with Crippen molar-refractivity contribution in [2.24, 2.45) is 0 Å². The zero-order chi connectivity index (χ0) is 16.9. The Morgan fingerprint density at radius 1 is 0.818 bits per heavy atom. The zero-order valence-electron chi connectivity index (χ0n) is 12.8. The molecule has 0 bridgehead atoms. The van der Waals surface area contributed by atoms with Crippen LogP contribution in [0, 0.1) is 10.2 Å². The molecule has 1 aliphatic heterocycles. The number of nitrogens with zero attached hydrogens (tertiary/aromatic N) is 1. The van der Waals surface area contributed by atoms with Gasteiger partial charge in [-0.15, -0.1) is 10.2 Å². The summed E-state index contributed by atoms with van der Waals surface area (Å²) in [6, 6.07) is 0. The van der Waals surface area contributed by atoms with E-state index in [2.05, 4.69) is 69.0 Å². The Morgan fingerprint density at radius 2 is 1.23 bits per heavy atom. The SMILES string of the molecule is CC1=CC(=C2C=CC(=[N+](C)C)C=C2)C=C(C)[Se]1.[O-][Cl+3]([O-])([O-])[O-]. The fourth-order valence-corrected chi connectivity index (χ4v) is 3.76. The normalized spacial score (nSPS) is 17.7. The van der Waals surface area contributed by atoms with Crippen LogP contribution in [-0.4, -0.2) is 39.3 Å². The first kappa shape index (κ1) is 19.1. The molecule has 0 spiro atoms. The van der Waals surface area contributed by atoms with E-state index in [4.69, 9.17) is 18.6 Å². The van der Waals surface area contributed by atoms with Gasteiger partial charge in [0.15, 0.2) is 0 Å². The summed E-state index contributed by atoms with van der Waals surface area (Å²) in [4.78, 5) is 0. The first-order valence-electron chi connectivity index (χ1n) is 6.37. The molecule has 0 saturated heterocycles. The van der Waals surface area contributed by atoms with Crippen LogP contribution in [-0.2, 0) is 0 Å². The number of hydrogen-bond acceptors (Lipinski definition) is 4. The second-order valence-electron chi connectivity index (χ2n) is 4.89. The fraction of sp³-hybridized carbons (Fsp3) is 0.267. The van der Waals surface area contributed by atoms with Gasteiger partial charge in [0.1, 0.15) is 0 Å². The first-order chi connectivity index (χ1) is 10.1. The van der Waals surface area contributed by atoms with Crippen molar-refractivity contribution in [3.05, 3.63) is 56.5 Å². The Labute approximate surface area is 138 Å². The van der Waals surface area contributed by atoms with Crippen LogP contribution in [0.15, 0.2) is 56.5 Å². The molecule has 0 saturated carbocycles. The van der Waals surface area contributed by atoms with E-state index in [0.717, 1.165) is 0 Å². The van der Waals surface area contributed by atoms with Crippen molar-refractivity contribution in [2.45, 2.75) is 13.8 Å². The third-order valence-corrected chi connectivity index (χ3v) is 4.60. The van der Waals surface area contributed by atoms with Crippen LogP contribution in [0.25, 0.3) is 0 Å². The molecule has 0 aromatic heterocycles. The average Bonchev–Trinajstić information content (AvgIpc) is 2.35. The van der Waals surface area contributed by atoms with Gasteiger partial charge in [0.05, 0.1) is 0 Å². The summed E-state index contributed by atoms with van der Waals surface area (Å²) in [6.45, 7) is 4.45. The van der Waals surface area contributed by atoms with Gasteiger partial charge in [0, 0.05) is 0 Å². The summed E-state index contributed by atoms with van der Waals surface area (Å²) in [5, 5.41) is 0. The number of hydrogen-bond donors (Lipinski definition) is 0. The predicted octanol–water partition coefficient (Wildman–Crippen LogP) is -2.11. The van der Waals surface area contributed by atoms with Crippen molar-refractivity contribution in [1.29, 1.82) is 0 Å². The predicted molar refractivity (Wildman–Crippen MR) is 75.7 cm³/mol. The van der Waals surface area contributed by atoms with Crippen molar-refractivity contribution >= 4 is 20.7 Å². The third-order valence-electron chi connectivity index (χ3n) is 2.76. The van der Waals surface area contributed by atoms with E-state index in [1.165, 1.54) is 25.8 Å². The summed E-state index contributed by atoms with van der Waals surface area (Å²) in [6.07, 6.45) is 13.4. The minimum Gasteiger partial charge on any atom is -0.222 e. The van der Waals surface area contributed by atoms with Crippen molar-refractivity contribution in [3.8, 4) is 0 Å². The smallest absolute Gasteiger partial charge is 0.112 e. The van der Waals surface area contributed by atoms with E-state index in [1.807, 2.05) is 0 Å². The molecule has 1 aliphatic carbocycles. The minimum atomic E-state index is -4.94. The molecule has 0 fully saturated rings. The van der Waals surface area contributed by atoms with Gasteiger partial charge >= 0.3 is 110 Å². The second kappa shape index (κ2) is 8.04. The van der Waals surface area contributed by atoms with Gasteiger partial charge < -0.3 is 0 Å². The maximum absolute atomic E-state index is 8.49. The summed E-state index contributed by atoms with van der Waals surface area (Å²) in [5.74, 6) is 0. The number of rotatable bonds is 0. The molecule has 22 heavy (non-hydrogen) atoms. The third kappa shape index (κ3) is 7.33. The van der Waals surface area contributed by atoms with Gasteiger partial charge in [0.2, 0.25) is 0 Å². The maximum Gasteiger partial charge on any atom is -0.112 e. The van der Waals surface area contributed by atoms with Gasteiger partial charge in [0.25, 0.3) is 0 Å². The summed E-state index contributed by atoms with van der Waals surface area (Å²) < 4.78 is 39.1. The van der Waals surface area contributed by atoms with Crippen molar-refractivity contribution in [3.63, 3.8) is 0 Å². The fourth-order valence-electron chi connectivity index (χ4n) is 1.91. The van der Waals surface area contributed by atoms with Crippen LogP contribution in [0.3, 0.4) is 0 Å². The van der Waals surface area contributed by atoms with Gasteiger partial charge in [-0.2, -0.15) is 0 Å². The molecule has 120 valence electrons. The molecule has 0 aromatic carbocycles. The van der Waals surface area contributed by atoms with Crippen LogP contribution < -0.4 is 18.6 Å². The Kier molecular flexibility index (Phi) is 6.96. The Balaban J connectivity index is 0.000000422. The largest absolute Gasteiger partial charge is 0.222 e. The second-order valence-corrected chi connectivity index (χ2v) is 8.77. The molecule has 7 heteroatoms. The molecule has 0 radical (unpaired) electrons. The van der Waals surface area contributed by atoms with Gasteiger partial charge in [-0.25, -0.2) is 18.6 Å². The van der Waals surface area contributed by atoms with Crippen molar-refractivity contribution in [2.75, 3.05) is 14.1 Å². The first-order valence-corrected chi connectivity index (χ1v) is 9.32. The molecule has 2 rings (SSSR count). The average molecular weight is 391 g/mol. The van der Waals surface area contributed by atoms with Crippen molar-refractivity contribution in [1.82, 2.24) is 0 Å². The van der Waals surface area contributed by atoms with Crippen LogP contribution in [0.1, 0.15) is 13.8 Å². The Hall–Kier alpha value is -0.981. The zero-order valence-corrected chi connectivity index (χ0v) is 15.3. The van der Waals surface area contributed by atoms with Crippen LogP contribution in [0.2, 0.25) is 0 Å². The molecule has 5 nitrogen and oxygen atoms in total. The molecule has 0 unspecified atom stereocenters. The topological polar surface area (TPSA) is 95.2 Å². The number of allylic oxidation sites excluding steroid dienone is 10. The van der Waals surface area contributed by atoms with E-state index >= 15 is 0 Å². The summed E-state index contributed by atoms with van der Waals surface area (Å²) in [7, 11) is -0.807. The van der Waals surface area contributed by atoms with Gasteiger partial charge in [-0.3, -0.25) is 0 Å². The standard InChI is InChI=1S/C15H18NSe.ClHO4/c1-11-9-14(10-12(2)17-11)13-5-7-15(8-6-13)16(3)4;2-1(3,4)5/h5-10H,1-4H3;(H,2,3,4,5)/q+1;/p-1. The van der Waals surface area contributed by atoms with E-state index < -0.39 is 10.2 Å². The Bertz CT molecular complexity index is 574. The van der Waals surface area contributed by atoms with Crippen LogP contribution >= 0.6 is 0 Å². The van der Waals surface area contributed by atoms with E-state index in [1.54, 1.807) is 0 Å². The molecule has 0 N–H and O–H groups in total. The van der Waals surface area contributed by atoms with E-state index in [-0.39, 0.29) is 0 Å². The monoisotopic (exact) mass is 391 g/mol. The van der Waals surface area contributed by atoms with E-state index in [0.29, 0.717) is 15.0 Å². The maximum atomic E-state index is 8.49. The van der Waals surface area contributed by atoms with Crippen LogP contribution in [0.4, 0.5) is 0 Å². The molecular formula is C15H18ClNO4Se.